The van der Waals surface area contributed by atoms with Crippen molar-refractivity contribution in [2.24, 2.45) is 11.8 Å². The van der Waals surface area contributed by atoms with Gasteiger partial charge in [0.1, 0.15) is 0 Å². The van der Waals surface area contributed by atoms with Gasteiger partial charge in [-0.05, 0) is 42.6 Å². The number of benzene rings is 1. The fourth-order valence-corrected chi connectivity index (χ4v) is 4.01. The van der Waals surface area contributed by atoms with E-state index in [2.05, 4.69) is 38.1 Å². The second-order valence-corrected chi connectivity index (χ2v) is 6.99. The fourth-order valence-electron chi connectivity index (χ4n) is 4.01. The fraction of sp³-hybridized carbons (Fsp3) is 0.684. The summed E-state index contributed by atoms with van der Waals surface area (Å²) >= 11 is 0. The molecule has 0 aromatic heterocycles. The van der Waals surface area contributed by atoms with E-state index < -0.39 is 0 Å². The quantitative estimate of drug-likeness (QED) is 0.643. The molecule has 110 valence electrons. The van der Waals surface area contributed by atoms with Crippen LogP contribution in [0.25, 0.3) is 0 Å². The monoisotopic (exact) mass is 272 g/mol. The molecule has 3 aliphatic rings. The molecule has 0 amide bonds. The van der Waals surface area contributed by atoms with Gasteiger partial charge in [-0.2, -0.15) is 0 Å². The summed E-state index contributed by atoms with van der Waals surface area (Å²) in [6, 6.07) is 10.5. The molecule has 2 aliphatic carbocycles. The van der Waals surface area contributed by atoms with Crippen LogP contribution in [0.5, 0.6) is 0 Å². The average Bonchev–Trinajstić information content (AvgIpc) is 3.29. The summed E-state index contributed by atoms with van der Waals surface area (Å²) in [5, 5.41) is 0. The van der Waals surface area contributed by atoms with Crippen LogP contribution in [-0.4, -0.2) is 12.2 Å². The van der Waals surface area contributed by atoms with Crippen LogP contribution in [0.2, 0.25) is 0 Å². The van der Waals surface area contributed by atoms with Gasteiger partial charge in [0.05, 0.1) is 12.2 Å². The van der Waals surface area contributed by atoms with Crippen molar-refractivity contribution in [2.75, 3.05) is 0 Å². The minimum atomic E-state index is 0.659. The van der Waals surface area contributed by atoms with Gasteiger partial charge in [0.15, 0.2) is 0 Å². The van der Waals surface area contributed by atoms with Crippen molar-refractivity contribution in [3.05, 3.63) is 35.9 Å². The summed E-state index contributed by atoms with van der Waals surface area (Å²) in [5.74, 6) is 2.68. The van der Waals surface area contributed by atoms with Crippen LogP contribution in [0.4, 0.5) is 0 Å². The Bertz CT molecular complexity index is 411. The van der Waals surface area contributed by atoms with E-state index in [1.165, 1.54) is 44.1 Å². The lowest BCUT2D eigenvalue weighted by Crippen LogP contribution is -2.29. The van der Waals surface area contributed by atoms with Crippen LogP contribution in [0.3, 0.4) is 0 Å². The molecule has 4 atom stereocenters. The van der Waals surface area contributed by atoms with Crippen molar-refractivity contribution in [1.82, 2.24) is 0 Å². The third kappa shape index (κ3) is 3.25. The molecule has 4 rings (SSSR count). The first kappa shape index (κ1) is 14.1. The Morgan fingerprint density at radius 1 is 0.950 bits per heavy atom. The largest absolute Gasteiger partial charge is 0.369 e. The van der Waals surface area contributed by atoms with E-state index in [-0.39, 0.29) is 0 Å². The standard InChI is InChI=1S/C10H16O.C9H12/c1-2-4-8-7(3-1)5-6-9-10(8)11-9;1-8(2)9-6-4-3-5-7-9/h7-10H,1-6H2;3-8H,1-2H3. The molecule has 1 heterocycles. The second kappa shape index (κ2) is 6.30. The molecule has 1 nitrogen and oxygen atoms in total. The number of fused-ring (bicyclic) bond motifs is 3. The molecule has 1 heteroatoms. The zero-order valence-corrected chi connectivity index (χ0v) is 12.9. The molecule has 4 unspecified atom stereocenters. The number of epoxide rings is 1. The highest BCUT2D eigenvalue weighted by Crippen LogP contribution is 2.49. The molecule has 1 aromatic rings. The van der Waals surface area contributed by atoms with Gasteiger partial charge >= 0.3 is 0 Å². The molecule has 20 heavy (non-hydrogen) atoms. The first-order valence-electron chi connectivity index (χ1n) is 8.46. The predicted molar refractivity (Wildman–Crippen MR) is 83.9 cm³/mol. The molecule has 0 bridgehead atoms. The number of ether oxygens (including phenoxy) is 1. The van der Waals surface area contributed by atoms with Gasteiger partial charge in [0.2, 0.25) is 0 Å². The normalized spacial score (nSPS) is 34.5. The van der Waals surface area contributed by atoms with Crippen LogP contribution in [-0.2, 0) is 4.74 Å². The lowest BCUT2D eigenvalue weighted by molar-refractivity contribution is 0.177. The zero-order chi connectivity index (χ0) is 13.9. The molecule has 0 spiro atoms. The Hall–Kier alpha value is -0.820. The van der Waals surface area contributed by atoms with E-state index in [1.807, 2.05) is 6.07 Å². The van der Waals surface area contributed by atoms with Crippen molar-refractivity contribution in [1.29, 1.82) is 0 Å². The lowest BCUT2D eigenvalue weighted by Gasteiger charge is -2.32. The molecule has 0 N–H and O–H groups in total. The Kier molecular flexibility index (Phi) is 4.45. The number of rotatable bonds is 1. The van der Waals surface area contributed by atoms with Gasteiger partial charge in [-0.25, -0.2) is 0 Å². The van der Waals surface area contributed by atoms with E-state index in [9.17, 15) is 0 Å². The van der Waals surface area contributed by atoms with Gasteiger partial charge in [0, 0.05) is 0 Å². The highest BCUT2D eigenvalue weighted by Gasteiger charge is 2.51. The van der Waals surface area contributed by atoms with Crippen LogP contribution < -0.4 is 0 Å². The molecule has 1 saturated heterocycles. The molecular weight excluding hydrogens is 244 g/mol. The van der Waals surface area contributed by atoms with Crippen molar-refractivity contribution in [3.63, 3.8) is 0 Å². The van der Waals surface area contributed by atoms with Crippen LogP contribution in [0.15, 0.2) is 30.3 Å². The van der Waals surface area contributed by atoms with Crippen molar-refractivity contribution < 1.29 is 4.74 Å². The molecule has 0 radical (unpaired) electrons. The third-order valence-corrected chi connectivity index (χ3v) is 5.30. The summed E-state index contributed by atoms with van der Waals surface area (Å²) in [5.41, 5.74) is 1.41. The number of hydrogen-bond acceptors (Lipinski definition) is 1. The van der Waals surface area contributed by atoms with E-state index in [0.29, 0.717) is 18.1 Å². The van der Waals surface area contributed by atoms with E-state index in [1.54, 1.807) is 0 Å². The molecule has 1 aliphatic heterocycles. The van der Waals surface area contributed by atoms with E-state index >= 15 is 0 Å². The Balaban J connectivity index is 0.000000124. The Labute approximate surface area is 123 Å². The summed E-state index contributed by atoms with van der Waals surface area (Å²) in [7, 11) is 0. The van der Waals surface area contributed by atoms with Crippen LogP contribution in [0.1, 0.15) is 63.9 Å². The SMILES string of the molecule is C1CCC2C(C1)CCC1OC12.CC(C)c1ccccc1. The van der Waals surface area contributed by atoms with Crippen molar-refractivity contribution in [3.8, 4) is 0 Å². The predicted octanol–water partition coefficient (Wildman–Crippen LogP) is 5.16. The minimum absolute atomic E-state index is 0.659. The molecule has 2 saturated carbocycles. The number of hydrogen-bond donors (Lipinski definition) is 0. The molecule has 3 fully saturated rings. The molecular formula is C19H28O. The maximum atomic E-state index is 5.65. The zero-order valence-electron chi connectivity index (χ0n) is 12.9. The smallest absolute Gasteiger partial charge is 0.0872 e. The topological polar surface area (TPSA) is 12.5 Å². The Morgan fingerprint density at radius 3 is 2.40 bits per heavy atom. The first-order valence-corrected chi connectivity index (χ1v) is 8.46. The summed E-state index contributed by atoms with van der Waals surface area (Å²) in [4.78, 5) is 0. The minimum Gasteiger partial charge on any atom is -0.369 e. The van der Waals surface area contributed by atoms with Crippen molar-refractivity contribution in [2.45, 2.75) is 70.5 Å². The molecule has 1 aromatic carbocycles. The van der Waals surface area contributed by atoms with Gasteiger partial charge in [-0.1, -0.05) is 63.4 Å². The highest BCUT2D eigenvalue weighted by molar-refractivity contribution is 5.17. The second-order valence-electron chi connectivity index (χ2n) is 6.99. The highest BCUT2D eigenvalue weighted by atomic mass is 16.6. The summed E-state index contributed by atoms with van der Waals surface area (Å²) in [6.45, 7) is 4.41. The van der Waals surface area contributed by atoms with Gasteiger partial charge in [-0.3, -0.25) is 0 Å². The summed E-state index contributed by atoms with van der Waals surface area (Å²) < 4.78 is 5.65. The third-order valence-electron chi connectivity index (χ3n) is 5.30. The first-order chi connectivity index (χ1) is 9.75. The van der Waals surface area contributed by atoms with Gasteiger partial charge < -0.3 is 4.74 Å². The van der Waals surface area contributed by atoms with Gasteiger partial charge in [0.25, 0.3) is 0 Å². The summed E-state index contributed by atoms with van der Waals surface area (Å²) in [6.07, 6.45) is 10.2. The van der Waals surface area contributed by atoms with Crippen LogP contribution in [0, 0.1) is 11.8 Å². The van der Waals surface area contributed by atoms with Crippen molar-refractivity contribution >= 4 is 0 Å². The average molecular weight is 272 g/mol. The maximum Gasteiger partial charge on any atom is 0.0872 e. The van der Waals surface area contributed by atoms with Gasteiger partial charge in [-0.15, -0.1) is 0 Å². The maximum absolute atomic E-state index is 5.65. The van der Waals surface area contributed by atoms with Crippen LogP contribution >= 0.6 is 0 Å². The Morgan fingerprint density at radius 2 is 1.70 bits per heavy atom. The van der Waals surface area contributed by atoms with E-state index in [4.69, 9.17) is 4.74 Å². The lowest BCUT2D eigenvalue weighted by atomic mass is 9.71. The van der Waals surface area contributed by atoms with E-state index in [0.717, 1.165) is 11.8 Å².